The van der Waals surface area contributed by atoms with Gasteiger partial charge in [-0.3, -0.25) is 4.79 Å². The van der Waals surface area contributed by atoms with Crippen LogP contribution in [0, 0.1) is 5.82 Å². The quantitative estimate of drug-likeness (QED) is 0.370. The molecule has 2 nitrogen and oxygen atoms in total. The molecule has 4 aromatic carbocycles. The van der Waals surface area contributed by atoms with Crippen LogP contribution in [0.25, 0.3) is 11.1 Å². The minimum atomic E-state index is -0.269. The zero-order chi connectivity index (χ0) is 21.9. The first-order valence-electron chi connectivity index (χ1n) is 11.0. The van der Waals surface area contributed by atoms with Gasteiger partial charge in [0.1, 0.15) is 5.82 Å². The van der Waals surface area contributed by atoms with Crippen LogP contribution in [0.15, 0.2) is 103 Å². The van der Waals surface area contributed by atoms with Crippen molar-refractivity contribution in [3.8, 4) is 11.1 Å². The molecular formula is C29H24FNO. The van der Waals surface area contributed by atoms with E-state index in [2.05, 4.69) is 24.3 Å². The van der Waals surface area contributed by atoms with E-state index in [1.165, 1.54) is 23.3 Å². The number of carbonyl (C=O) groups excluding carboxylic acids is 1. The van der Waals surface area contributed by atoms with Crippen molar-refractivity contribution in [1.29, 1.82) is 0 Å². The molecule has 5 rings (SSSR count). The maximum Gasteiger partial charge on any atom is 0.255 e. The zero-order valence-electron chi connectivity index (χ0n) is 17.7. The maximum atomic E-state index is 14.0. The number of nitrogens with zero attached hydrogens (tertiary/aromatic N) is 1. The Bertz CT molecular complexity index is 1210. The molecule has 0 aromatic heterocycles. The van der Waals surface area contributed by atoms with E-state index in [0.29, 0.717) is 12.1 Å². The van der Waals surface area contributed by atoms with Gasteiger partial charge in [0.05, 0.1) is 0 Å². The third-order valence-electron chi connectivity index (χ3n) is 6.24. The maximum absolute atomic E-state index is 14.0. The van der Waals surface area contributed by atoms with Crippen molar-refractivity contribution >= 4 is 5.91 Å². The second kappa shape index (κ2) is 8.80. The molecule has 32 heavy (non-hydrogen) atoms. The molecule has 4 aromatic rings. The smallest absolute Gasteiger partial charge is 0.255 e. The van der Waals surface area contributed by atoms with Crippen LogP contribution in [0.1, 0.15) is 27.0 Å². The van der Waals surface area contributed by atoms with Crippen molar-refractivity contribution in [2.75, 3.05) is 0 Å². The molecule has 0 radical (unpaired) electrons. The van der Waals surface area contributed by atoms with E-state index in [0.717, 1.165) is 29.5 Å². The second-order valence-electron chi connectivity index (χ2n) is 8.30. The lowest BCUT2D eigenvalue weighted by Crippen LogP contribution is -2.40. The van der Waals surface area contributed by atoms with Crippen LogP contribution in [0.2, 0.25) is 0 Å². The van der Waals surface area contributed by atoms with Crippen LogP contribution >= 0.6 is 0 Å². The minimum absolute atomic E-state index is 0.00610. The molecule has 1 aliphatic carbocycles. The summed E-state index contributed by atoms with van der Waals surface area (Å²) in [5.41, 5.74) is 6.16. The molecule has 0 fully saturated rings. The van der Waals surface area contributed by atoms with E-state index in [1.807, 2.05) is 59.5 Å². The van der Waals surface area contributed by atoms with Gasteiger partial charge in [-0.25, -0.2) is 4.39 Å². The van der Waals surface area contributed by atoms with Gasteiger partial charge in [0, 0.05) is 18.2 Å². The van der Waals surface area contributed by atoms with E-state index < -0.39 is 0 Å². The summed E-state index contributed by atoms with van der Waals surface area (Å²) in [5.74, 6) is -0.263. The Morgan fingerprint density at radius 3 is 2.03 bits per heavy atom. The molecule has 0 aliphatic heterocycles. The number of rotatable bonds is 5. The highest BCUT2D eigenvalue weighted by Crippen LogP contribution is 2.30. The minimum Gasteiger partial charge on any atom is -0.331 e. The third kappa shape index (κ3) is 4.06. The number of benzene rings is 4. The molecule has 0 atom stereocenters. The highest BCUT2D eigenvalue weighted by Gasteiger charge is 2.31. The topological polar surface area (TPSA) is 20.3 Å². The van der Waals surface area contributed by atoms with Gasteiger partial charge in [-0.05, 0) is 58.9 Å². The van der Waals surface area contributed by atoms with E-state index in [1.54, 1.807) is 12.1 Å². The van der Waals surface area contributed by atoms with Gasteiger partial charge in [-0.15, -0.1) is 0 Å². The van der Waals surface area contributed by atoms with E-state index in [4.69, 9.17) is 0 Å². The Balaban J connectivity index is 1.52. The molecule has 1 aliphatic rings. The van der Waals surface area contributed by atoms with E-state index in [9.17, 15) is 9.18 Å². The lowest BCUT2D eigenvalue weighted by molar-refractivity contribution is 0.0668. The molecule has 0 bridgehead atoms. The van der Waals surface area contributed by atoms with Crippen LogP contribution in [0.3, 0.4) is 0 Å². The van der Waals surface area contributed by atoms with Crippen LogP contribution in [-0.2, 0) is 19.4 Å². The van der Waals surface area contributed by atoms with Crippen LogP contribution in [0.4, 0.5) is 4.39 Å². The largest absolute Gasteiger partial charge is 0.331 e. The van der Waals surface area contributed by atoms with Gasteiger partial charge in [0.15, 0.2) is 0 Å². The summed E-state index contributed by atoms with van der Waals surface area (Å²) in [6, 6.07) is 32.7. The standard InChI is InChI=1S/C29H24FNO/c30-25-16-14-21(15-17-25)20-31(26-18-23-10-4-5-11-24(23)19-26)29(32)28-13-7-6-12-27(28)22-8-2-1-3-9-22/h1-17,26H,18-20H2. The molecular weight excluding hydrogens is 397 g/mol. The highest BCUT2D eigenvalue weighted by molar-refractivity contribution is 6.01. The van der Waals surface area contributed by atoms with Crippen molar-refractivity contribution in [3.05, 3.63) is 131 Å². The fourth-order valence-electron chi connectivity index (χ4n) is 4.60. The van der Waals surface area contributed by atoms with Crippen molar-refractivity contribution in [2.24, 2.45) is 0 Å². The number of hydrogen-bond acceptors (Lipinski definition) is 1. The average Bonchev–Trinajstić information content (AvgIpc) is 3.28. The zero-order valence-corrected chi connectivity index (χ0v) is 17.7. The molecule has 0 N–H and O–H groups in total. The molecule has 3 heteroatoms. The Hall–Kier alpha value is -3.72. The number of amides is 1. The first-order chi connectivity index (χ1) is 15.7. The monoisotopic (exact) mass is 421 g/mol. The van der Waals surface area contributed by atoms with Gasteiger partial charge >= 0.3 is 0 Å². The summed E-state index contributed by atoms with van der Waals surface area (Å²) in [7, 11) is 0. The first-order valence-corrected chi connectivity index (χ1v) is 11.0. The molecule has 0 unspecified atom stereocenters. The number of hydrogen-bond donors (Lipinski definition) is 0. The number of carbonyl (C=O) groups is 1. The fraction of sp³-hybridized carbons (Fsp3) is 0.138. The molecule has 1 amide bonds. The fourth-order valence-corrected chi connectivity index (χ4v) is 4.60. The Morgan fingerprint density at radius 1 is 0.750 bits per heavy atom. The molecule has 0 heterocycles. The van der Waals surface area contributed by atoms with Gasteiger partial charge in [-0.2, -0.15) is 0 Å². The molecule has 0 saturated carbocycles. The second-order valence-corrected chi connectivity index (χ2v) is 8.30. The van der Waals surface area contributed by atoms with Crippen LogP contribution in [-0.4, -0.2) is 16.8 Å². The van der Waals surface area contributed by atoms with Crippen molar-refractivity contribution in [3.63, 3.8) is 0 Å². The predicted octanol–water partition coefficient (Wildman–Crippen LogP) is 6.30. The van der Waals surface area contributed by atoms with Gasteiger partial charge in [-0.1, -0.05) is 84.9 Å². The van der Waals surface area contributed by atoms with Crippen LogP contribution < -0.4 is 0 Å². The normalized spacial score (nSPS) is 13.0. The Kier molecular flexibility index (Phi) is 5.55. The van der Waals surface area contributed by atoms with Gasteiger partial charge in [0.2, 0.25) is 0 Å². The van der Waals surface area contributed by atoms with Crippen molar-refractivity contribution < 1.29 is 9.18 Å². The average molecular weight is 422 g/mol. The van der Waals surface area contributed by atoms with Crippen LogP contribution in [0.5, 0.6) is 0 Å². The summed E-state index contributed by atoms with van der Waals surface area (Å²) in [6.07, 6.45) is 1.66. The SMILES string of the molecule is O=C(c1ccccc1-c1ccccc1)N(Cc1ccc(F)cc1)C1Cc2ccccc2C1. The van der Waals surface area contributed by atoms with Crippen molar-refractivity contribution in [2.45, 2.75) is 25.4 Å². The summed E-state index contributed by atoms with van der Waals surface area (Å²) in [6.45, 7) is 0.445. The predicted molar refractivity (Wildman–Crippen MR) is 126 cm³/mol. The summed E-state index contributed by atoms with van der Waals surface area (Å²) < 4.78 is 13.5. The van der Waals surface area contributed by atoms with E-state index >= 15 is 0 Å². The lowest BCUT2D eigenvalue weighted by Gasteiger charge is -2.30. The third-order valence-corrected chi connectivity index (χ3v) is 6.24. The molecule has 0 spiro atoms. The Labute approximate surface area is 188 Å². The van der Waals surface area contributed by atoms with Gasteiger partial charge < -0.3 is 4.90 Å². The summed E-state index contributed by atoms with van der Waals surface area (Å²) in [4.78, 5) is 16.0. The van der Waals surface area contributed by atoms with E-state index in [-0.39, 0.29) is 17.8 Å². The Morgan fingerprint density at radius 2 is 1.34 bits per heavy atom. The molecule has 0 saturated heterocycles. The van der Waals surface area contributed by atoms with Crippen molar-refractivity contribution in [1.82, 2.24) is 4.90 Å². The number of fused-ring (bicyclic) bond motifs is 1. The lowest BCUT2D eigenvalue weighted by atomic mass is 9.98. The summed E-state index contributed by atoms with van der Waals surface area (Å²) in [5, 5.41) is 0. The van der Waals surface area contributed by atoms with Gasteiger partial charge in [0.25, 0.3) is 5.91 Å². The molecule has 158 valence electrons. The first kappa shape index (κ1) is 20.2. The number of halogens is 1. The summed E-state index contributed by atoms with van der Waals surface area (Å²) >= 11 is 0. The highest BCUT2D eigenvalue weighted by atomic mass is 19.1.